The highest BCUT2D eigenvalue weighted by Gasteiger charge is 2.22. The van der Waals surface area contributed by atoms with Gasteiger partial charge in [-0.15, -0.1) is 0 Å². The SMILES string of the molecule is COc1ccc2sc(N(Cc3ccccc3)C(=O)c3ccc(OC(C)C)cc3)nc2c1. The summed E-state index contributed by atoms with van der Waals surface area (Å²) in [5.74, 6) is 1.38. The Bertz CT molecular complexity index is 1170. The van der Waals surface area contributed by atoms with Gasteiger partial charge in [0, 0.05) is 11.6 Å². The predicted molar refractivity (Wildman–Crippen MR) is 125 cm³/mol. The first-order valence-corrected chi connectivity index (χ1v) is 10.9. The van der Waals surface area contributed by atoms with Crippen LogP contribution in [0.2, 0.25) is 0 Å². The van der Waals surface area contributed by atoms with Crippen molar-refractivity contribution in [2.24, 2.45) is 0 Å². The second-order valence-electron chi connectivity index (χ2n) is 7.40. The largest absolute Gasteiger partial charge is 0.497 e. The first-order valence-electron chi connectivity index (χ1n) is 10.1. The molecule has 0 saturated heterocycles. The molecule has 158 valence electrons. The molecule has 0 radical (unpaired) electrons. The number of hydrogen-bond acceptors (Lipinski definition) is 5. The number of amides is 1. The molecule has 0 aliphatic rings. The first kappa shape index (κ1) is 20.9. The van der Waals surface area contributed by atoms with Gasteiger partial charge in [-0.2, -0.15) is 0 Å². The lowest BCUT2D eigenvalue weighted by Crippen LogP contribution is -2.30. The lowest BCUT2D eigenvalue weighted by Gasteiger charge is -2.20. The smallest absolute Gasteiger partial charge is 0.260 e. The van der Waals surface area contributed by atoms with E-state index in [1.807, 2.05) is 74.5 Å². The van der Waals surface area contributed by atoms with E-state index in [0.717, 1.165) is 27.3 Å². The van der Waals surface area contributed by atoms with Crippen LogP contribution in [0.4, 0.5) is 5.13 Å². The highest BCUT2D eigenvalue weighted by Crippen LogP contribution is 2.33. The summed E-state index contributed by atoms with van der Waals surface area (Å²) in [5.41, 5.74) is 2.43. The zero-order valence-corrected chi connectivity index (χ0v) is 18.6. The number of carbonyl (C=O) groups excluding carboxylic acids is 1. The average molecular weight is 433 g/mol. The summed E-state index contributed by atoms with van der Waals surface area (Å²) in [5, 5.41) is 0.652. The molecular weight excluding hydrogens is 408 g/mol. The lowest BCUT2D eigenvalue weighted by molar-refractivity contribution is 0.0985. The molecule has 0 bridgehead atoms. The standard InChI is InChI=1S/C25H24N2O3S/c1-17(2)30-20-11-9-19(10-12-20)24(28)27(16-18-7-5-4-6-8-18)25-26-22-15-21(29-3)13-14-23(22)31-25/h4-15,17H,16H2,1-3H3. The molecular formula is C25H24N2O3S. The maximum atomic E-state index is 13.5. The fourth-order valence-corrected chi connectivity index (χ4v) is 4.18. The topological polar surface area (TPSA) is 51.7 Å². The van der Waals surface area contributed by atoms with E-state index in [1.54, 1.807) is 24.1 Å². The molecule has 0 atom stereocenters. The van der Waals surface area contributed by atoms with Gasteiger partial charge in [-0.1, -0.05) is 41.7 Å². The molecule has 0 spiro atoms. The number of benzene rings is 3. The van der Waals surface area contributed by atoms with Crippen LogP contribution in [-0.2, 0) is 6.54 Å². The minimum Gasteiger partial charge on any atom is -0.497 e. The van der Waals surface area contributed by atoms with Gasteiger partial charge in [0.25, 0.3) is 5.91 Å². The van der Waals surface area contributed by atoms with E-state index in [-0.39, 0.29) is 12.0 Å². The van der Waals surface area contributed by atoms with E-state index in [4.69, 9.17) is 14.5 Å². The Hall–Kier alpha value is -3.38. The molecule has 0 fully saturated rings. The van der Waals surface area contributed by atoms with Gasteiger partial charge >= 0.3 is 0 Å². The molecule has 0 unspecified atom stereocenters. The highest BCUT2D eigenvalue weighted by molar-refractivity contribution is 7.22. The maximum Gasteiger partial charge on any atom is 0.260 e. The Kier molecular flexibility index (Phi) is 6.18. The zero-order valence-electron chi connectivity index (χ0n) is 17.7. The first-order chi connectivity index (χ1) is 15.0. The Morgan fingerprint density at radius 3 is 2.39 bits per heavy atom. The molecule has 1 heterocycles. The van der Waals surface area contributed by atoms with Crippen LogP contribution in [-0.4, -0.2) is 24.1 Å². The van der Waals surface area contributed by atoms with Gasteiger partial charge in [0.1, 0.15) is 11.5 Å². The van der Waals surface area contributed by atoms with Crippen molar-refractivity contribution in [1.82, 2.24) is 4.98 Å². The highest BCUT2D eigenvalue weighted by atomic mass is 32.1. The van der Waals surface area contributed by atoms with Crippen LogP contribution in [0.1, 0.15) is 29.8 Å². The molecule has 1 amide bonds. The van der Waals surface area contributed by atoms with Crippen molar-refractivity contribution in [2.75, 3.05) is 12.0 Å². The average Bonchev–Trinajstić information content (AvgIpc) is 3.20. The number of methoxy groups -OCH3 is 1. The molecule has 0 saturated carbocycles. The summed E-state index contributed by atoms with van der Waals surface area (Å²) < 4.78 is 12.0. The Morgan fingerprint density at radius 1 is 1.00 bits per heavy atom. The van der Waals surface area contributed by atoms with Crippen molar-refractivity contribution in [1.29, 1.82) is 0 Å². The number of fused-ring (bicyclic) bond motifs is 1. The van der Waals surface area contributed by atoms with Crippen LogP contribution in [0.15, 0.2) is 72.8 Å². The summed E-state index contributed by atoms with van der Waals surface area (Å²) >= 11 is 1.49. The van der Waals surface area contributed by atoms with E-state index in [9.17, 15) is 4.79 Å². The number of aromatic nitrogens is 1. The quantitative estimate of drug-likeness (QED) is 0.363. The van der Waals surface area contributed by atoms with Crippen LogP contribution in [0, 0.1) is 0 Å². The molecule has 4 rings (SSSR count). The Balaban J connectivity index is 1.69. The van der Waals surface area contributed by atoms with Gasteiger partial charge in [0.2, 0.25) is 0 Å². The third-order valence-electron chi connectivity index (χ3n) is 4.72. The minimum atomic E-state index is -0.106. The van der Waals surface area contributed by atoms with Crippen molar-refractivity contribution >= 4 is 32.6 Å². The lowest BCUT2D eigenvalue weighted by atomic mass is 10.1. The molecule has 0 aliphatic heterocycles. The van der Waals surface area contributed by atoms with Crippen LogP contribution >= 0.6 is 11.3 Å². The van der Waals surface area contributed by atoms with E-state index in [0.29, 0.717) is 17.2 Å². The summed E-state index contributed by atoms with van der Waals surface area (Å²) in [7, 11) is 1.63. The fourth-order valence-electron chi connectivity index (χ4n) is 3.23. The molecule has 5 nitrogen and oxygen atoms in total. The van der Waals surface area contributed by atoms with Crippen LogP contribution < -0.4 is 14.4 Å². The number of thiazole rings is 1. The Labute approximate surface area is 185 Å². The molecule has 3 aromatic carbocycles. The Morgan fingerprint density at radius 2 is 1.71 bits per heavy atom. The molecule has 6 heteroatoms. The van der Waals surface area contributed by atoms with Crippen LogP contribution in [0.5, 0.6) is 11.5 Å². The third kappa shape index (κ3) is 4.86. The maximum absolute atomic E-state index is 13.5. The van der Waals surface area contributed by atoms with Gasteiger partial charge in [-0.25, -0.2) is 4.98 Å². The van der Waals surface area contributed by atoms with E-state index in [1.165, 1.54) is 11.3 Å². The van der Waals surface area contributed by atoms with E-state index < -0.39 is 0 Å². The number of rotatable bonds is 7. The number of nitrogens with zero attached hydrogens (tertiary/aromatic N) is 2. The van der Waals surface area contributed by atoms with Gasteiger partial charge in [0.15, 0.2) is 5.13 Å². The molecule has 31 heavy (non-hydrogen) atoms. The van der Waals surface area contributed by atoms with Gasteiger partial charge in [-0.05, 0) is 55.8 Å². The summed E-state index contributed by atoms with van der Waals surface area (Å²) in [6.07, 6.45) is 0.0795. The van der Waals surface area contributed by atoms with Crippen molar-refractivity contribution in [3.05, 3.63) is 83.9 Å². The van der Waals surface area contributed by atoms with Crippen molar-refractivity contribution in [3.8, 4) is 11.5 Å². The van der Waals surface area contributed by atoms with Crippen molar-refractivity contribution < 1.29 is 14.3 Å². The number of hydrogen-bond donors (Lipinski definition) is 0. The van der Waals surface area contributed by atoms with Crippen molar-refractivity contribution in [3.63, 3.8) is 0 Å². The number of carbonyl (C=O) groups is 1. The van der Waals surface area contributed by atoms with Gasteiger partial charge in [-0.3, -0.25) is 9.69 Å². The normalized spacial score (nSPS) is 11.0. The van der Waals surface area contributed by atoms with E-state index >= 15 is 0 Å². The molecule has 1 aromatic heterocycles. The molecule has 4 aromatic rings. The number of anilines is 1. The monoisotopic (exact) mass is 432 g/mol. The second-order valence-corrected chi connectivity index (χ2v) is 8.41. The summed E-state index contributed by atoms with van der Waals surface area (Å²) in [6, 6.07) is 23.0. The molecule has 0 aliphatic carbocycles. The summed E-state index contributed by atoms with van der Waals surface area (Å²) in [4.78, 5) is 20.0. The van der Waals surface area contributed by atoms with Gasteiger partial charge < -0.3 is 9.47 Å². The fraction of sp³-hybridized carbons (Fsp3) is 0.200. The minimum absolute atomic E-state index is 0.0795. The zero-order chi connectivity index (χ0) is 21.8. The predicted octanol–water partition coefficient (Wildman–Crippen LogP) is 5.94. The molecule has 0 N–H and O–H groups in total. The van der Waals surface area contributed by atoms with Crippen LogP contribution in [0.3, 0.4) is 0 Å². The van der Waals surface area contributed by atoms with E-state index in [2.05, 4.69) is 0 Å². The second kappa shape index (κ2) is 9.18. The third-order valence-corrected chi connectivity index (χ3v) is 5.78. The van der Waals surface area contributed by atoms with Gasteiger partial charge in [0.05, 0.1) is 30.0 Å². The number of ether oxygens (including phenoxy) is 2. The van der Waals surface area contributed by atoms with Crippen LogP contribution in [0.25, 0.3) is 10.2 Å². The van der Waals surface area contributed by atoms with Crippen molar-refractivity contribution in [2.45, 2.75) is 26.5 Å². The summed E-state index contributed by atoms with van der Waals surface area (Å²) in [6.45, 7) is 4.38.